The average Bonchev–Trinajstić information content (AvgIpc) is 2.66. The van der Waals surface area contributed by atoms with Crippen LogP contribution in [0.15, 0.2) is 48.0 Å². The Bertz CT molecular complexity index is 1040. The van der Waals surface area contributed by atoms with Crippen LogP contribution >= 0.6 is 23.2 Å². The van der Waals surface area contributed by atoms with Gasteiger partial charge in [0.25, 0.3) is 11.8 Å². The lowest BCUT2D eigenvalue weighted by atomic mass is 10.1. The van der Waals surface area contributed by atoms with Crippen LogP contribution in [0, 0.1) is 12.3 Å². The molecule has 0 aliphatic carbocycles. The van der Waals surface area contributed by atoms with Gasteiger partial charge in [0.2, 0.25) is 0 Å². The molecule has 1 N–H and O–H groups in total. The number of nitrogens with zero attached hydrogens (tertiary/aromatic N) is 1. The summed E-state index contributed by atoms with van der Waals surface area (Å²) in [6.45, 7) is -0.00661. The molecule has 1 saturated heterocycles. The van der Waals surface area contributed by atoms with E-state index in [1.54, 1.807) is 12.1 Å². The van der Waals surface area contributed by atoms with Crippen LogP contribution in [0.4, 0.5) is 10.5 Å². The number of carbonyl (C=O) groups is 3. The van der Waals surface area contributed by atoms with E-state index in [1.807, 2.05) is 0 Å². The fourth-order valence-corrected chi connectivity index (χ4v) is 2.83. The molecule has 1 heterocycles. The molecule has 1 aliphatic heterocycles. The van der Waals surface area contributed by atoms with Gasteiger partial charge in [-0.2, -0.15) is 0 Å². The van der Waals surface area contributed by atoms with Gasteiger partial charge in [-0.3, -0.25) is 14.9 Å². The number of imide groups is 2. The van der Waals surface area contributed by atoms with Crippen molar-refractivity contribution in [1.29, 1.82) is 0 Å². The maximum absolute atomic E-state index is 12.9. The van der Waals surface area contributed by atoms with E-state index in [1.165, 1.54) is 36.4 Å². The minimum Gasteiger partial charge on any atom is -0.480 e. The highest BCUT2D eigenvalue weighted by Gasteiger charge is 2.37. The molecular formula is C20H12Cl2N2O4. The molecule has 140 valence electrons. The van der Waals surface area contributed by atoms with Crippen molar-refractivity contribution in [3.05, 3.63) is 63.6 Å². The molecule has 0 saturated carbocycles. The number of hydrogen-bond acceptors (Lipinski definition) is 4. The number of amides is 4. The number of barbiturate groups is 1. The molecule has 4 amide bonds. The largest absolute Gasteiger partial charge is 0.480 e. The molecule has 0 aromatic heterocycles. The van der Waals surface area contributed by atoms with Crippen LogP contribution in [0.5, 0.6) is 5.75 Å². The van der Waals surface area contributed by atoms with Crippen molar-refractivity contribution in [3.8, 4) is 18.1 Å². The zero-order valence-corrected chi connectivity index (χ0v) is 15.8. The molecule has 1 fully saturated rings. The molecule has 28 heavy (non-hydrogen) atoms. The summed E-state index contributed by atoms with van der Waals surface area (Å²) in [5.41, 5.74) is 0.370. The van der Waals surface area contributed by atoms with Gasteiger partial charge in [0, 0.05) is 15.6 Å². The maximum atomic E-state index is 12.9. The number of anilines is 1. The van der Waals surface area contributed by atoms with E-state index in [9.17, 15) is 14.4 Å². The monoisotopic (exact) mass is 414 g/mol. The van der Waals surface area contributed by atoms with Gasteiger partial charge in [-0.15, -0.1) is 6.42 Å². The summed E-state index contributed by atoms with van der Waals surface area (Å²) in [5.74, 6) is 1.05. The molecule has 2 aromatic carbocycles. The average molecular weight is 415 g/mol. The molecule has 0 radical (unpaired) electrons. The molecule has 1 aliphatic rings. The van der Waals surface area contributed by atoms with Gasteiger partial charge in [0.05, 0.1) is 5.69 Å². The van der Waals surface area contributed by atoms with Gasteiger partial charge < -0.3 is 4.74 Å². The summed E-state index contributed by atoms with van der Waals surface area (Å²) < 4.78 is 5.42. The van der Waals surface area contributed by atoms with Crippen molar-refractivity contribution in [2.75, 3.05) is 11.5 Å². The lowest BCUT2D eigenvalue weighted by Gasteiger charge is -2.26. The SMILES string of the molecule is C#CCOc1ccc(Cl)cc1/C=C1\C(=O)NC(=O)N(c2ccc(Cl)cc2)C1=O. The number of nitrogens with one attached hydrogen (secondary N) is 1. The van der Waals surface area contributed by atoms with Gasteiger partial charge in [0.15, 0.2) is 0 Å². The standard InChI is InChI=1S/C20H12Cl2N2O4/c1-2-9-28-17-8-5-14(22)10-12(17)11-16-18(25)23-20(27)24(19(16)26)15-6-3-13(21)4-7-15/h1,3-8,10-11H,9H2,(H,23,25,27)/b16-11+. The summed E-state index contributed by atoms with van der Waals surface area (Å²) in [6.07, 6.45) is 6.50. The number of rotatable bonds is 4. The van der Waals surface area contributed by atoms with Crippen molar-refractivity contribution >= 4 is 52.8 Å². The third-order valence-electron chi connectivity index (χ3n) is 3.77. The number of ether oxygens (including phenoxy) is 1. The minimum atomic E-state index is -0.857. The van der Waals surface area contributed by atoms with E-state index in [4.69, 9.17) is 34.4 Å². The smallest absolute Gasteiger partial charge is 0.335 e. The first-order valence-corrected chi connectivity index (χ1v) is 8.69. The summed E-state index contributed by atoms with van der Waals surface area (Å²) in [4.78, 5) is 38.2. The number of benzene rings is 2. The number of carbonyl (C=O) groups excluding carboxylic acids is 3. The van der Waals surface area contributed by atoms with Gasteiger partial charge in [0.1, 0.15) is 17.9 Å². The van der Waals surface area contributed by atoms with Crippen LogP contribution in [0.2, 0.25) is 10.0 Å². The lowest BCUT2D eigenvalue weighted by molar-refractivity contribution is -0.122. The van der Waals surface area contributed by atoms with Crippen LogP contribution in [0.3, 0.4) is 0 Å². The molecule has 2 aromatic rings. The third-order valence-corrected chi connectivity index (χ3v) is 4.26. The van der Waals surface area contributed by atoms with Gasteiger partial charge in [-0.25, -0.2) is 9.69 Å². The number of hydrogen-bond donors (Lipinski definition) is 1. The van der Waals surface area contributed by atoms with Gasteiger partial charge in [-0.05, 0) is 48.5 Å². The molecule has 0 spiro atoms. The zero-order chi connectivity index (χ0) is 20.3. The normalized spacial score (nSPS) is 15.4. The minimum absolute atomic E-state index is 0.00661. The Morgan fingerprint density at radius 3 is 2.43 bits per heavy atom. The summed E-state index contributed by atoms with van der Waals surface area (Å²) >= 11 is 11.9. The molecule has 6 nitrogen and oxygen atoms in total. The Hall–Kier alpha value is -3.27. The summed E-state index contributed by atoms with van der Waals surface area (Å²) in [7, 11) is 0. The second-order valence-corrected chi connectivity index (χ2v) is 6.48. The molecule has 0 bridgehead atoms. The Kier molecular flexibility index (Phi) is 5.69. The highest BCUT2D eigenvalue weighted by atomic mass is 35.5. The molecular weight excluding hydrogens is 403 g/mol. The highest BCUT2D eigenvalue weighted by Crippen LogP contribution is 2.28. The van der Waals surface area contributed by atoms with Crippen LogP contribution < -0.4 is 15.0 Å². The Balaban J connectivity index is 2.03. The maximum Gasteiger partial charge on any atom is 0.335 e. The van der Waals surface area contributed by atoms with Crippen molar-refractivity contribution < 1.29 is 19.1 Å². The third kappa shape index (κ3) is 4.01. The highest BCUT2D eigenvalue weighted by molar-refractivity contribution is 6.39. The van der Waals surface area contributed by atoms with E-state index in [0.717, 1.165) is 4.90 Å². The first kappa shape index (κ1) is 19.5. The van der Waals surface area contributed by atoms with Crippen LogP contribution in [-0.2, 0) is 9.59 Å². The molecule has 0 atom stereocenters. The molecule has 0 unspecified atom stereocenters. The molecule has 3 rings (SSSR count). The molecule has 8 heteroatoms. The fraction of sp³-hybridized carbons (Fsp3) is 0.0500. The topological polar surface area (TPSA) is 75.7 Å². The van der Waals surface area contributed by atoms with Crippen molar-refractivity contribution in [3.63, 3.8) is 0 Å². The second kappa shape index (κ2) is 8.17. The second-order valence-electron chi connectivity index (χ2n) is 5.61. The quantitative estimate of drug-likeness (QED) is 0.470. The van der Waals surface area contributed by atoms with E-state index < -0.39 is 17.8 Å². The fourth-order valence-electron chi connectivity index (χ4n) is 2.52. The Labute approximate surface area is 170 Å². The van der Waals surface area contributed by atoms with Crippen molar-refractivity contribution in [2.24, 2.45) is 0 Å². The Morgan fingerprint density at radius 1 is 1.07 bits per heavy atom. The van der Waals surface area contributed by atoms with Crippen molar-refractivity contribution in [1.82, 2.24) is 5.32 Å². The van der Waals surface area contributed by atoms with Crippen molar-refractivity contribution in [2.45, 2.75) is 0 Å². The number of terminal acetylenes is 1. The van der Waals surface area contributed by atoms with Crippen LogP contribution in [0.25, 0.3) is 6.08 Å². The van der Waals surface area contributed by atoms with E-state index in [2.05, 4.69) is 11.2 Å². The zero-order valence-electron chi connectivity index (χ0n) is 14.2. The van der Waals surface area contributed by atoms with E-state index >= 15 is 0 Å². The van der Waals surface area contributed by atoms with Crippen LogP contribution in [0.1, 0.15) is 5.56 Å². The lowest BCUT2D eigenvalue weighted by Crippen LogP contribution is -2.54. The van der Waals surface area contributed by atoms with Gasteiger partial charge in [-0.1, -0.05) is 29.1 Å². The van der Waals surface area contributed by atoms with E-state index in [-0.39, 0.29) is 17.9 Å². The Morgan fingerprint density at radius 2 is 1.75 bits per heavy atom. The van der Waals surface area contributed by atoms with Crippen LogP contribution in [-0.4, -0.2) is 24.5 Å². The number of urea groups is 1. The number of halogens is 2. The first-order chi connectivity index (χ1) is 13.4. The van der Waals surface area contributed by atoms with Gasteiger partial charge >= 0.3 is 6.03 Å². The first-order valence-electron chi connectivity index (χ1n) is 7.93. The summed E-state index contributed by atoms with van der Waals surface area (Å²) in [6, 6.07) is 9.86. The summed E-state index contributed by atoms with van der Waals surface area (Å²) in [5, 5.41) is 2.95. The predicted octanol–water partition coefficient (Wildman–Crippen LogP) is 3.67. The van der Waals surface area contributed by atoms with E-state index in [0.29, 0.717) is 21.4 Å². The predicted molar refractivity (Wildman–Crippen MR) is 106 cm³/mol.